The highest BCUT2D eigenvalue weighted by molar-refractivity contribution is 6.05. The van der Waals surface area contributed by atoms with Crippen LogP contribution in [0.4, 0.5) is 0 Å². The van der Waals surface area contributed by atoms with E-state index < -0.39 is 5.78 Å². The largest absolute Gasteiger partial charge is 0.300 e. The monoisotopic (exact) mass is 210 g/mol. The molecule has 0 atom stereocenters. The molecule has 0 aliphatic rings. The third-order valence-corrected chi connectivity index (χ3v) is 1.67. The first-order valence-corrected chi connectivity index (χ1v) is 4.64. The molecule has 0 aliphatic heterocycles. The number of tetrazole rings is 1. The molecular weight excluding hydrogens is 196 g/mol. The van der Waals surface area contributed by atoms with E-state index in [2.05, 4.69) is 15.4 Å². The van der Waals surface area contributed by atoms with Crippen LogP contribution in [0.1, 0.15) is 44.7 Å². The summed E-state index contributed by atoms with van der Waals surface area (Å²) in [5.74, 6) is -0.592. The second-order valence-corrected chi connectivity index (χ2v) is 4.38. The summed E-state index contributed by atoms with van der Waals surface area (Å²) in [5, 5.41) is 11.3. The van der Waals surface area contributed by atoms with Crippen molar-refractivity contribution in [2.24, 2.45) is 0 Å². The van der Waals surface area contributed by atoms with Gasteiger partial charge in [0.25, 0.3) is 0 Å². The van der Waals surface area contributed by atoms with Crippen molar-refractivity contribution >= 4 is 11.6 Å². The Kier molecular flexibility index (Phi) is 2.97. The quantitative estimate of drug-likeness (QED) is 0.539. The highest BCUT2D eigenvalue weighted by atomic mass is 16.1. The van der Waals surface area contributed by atoms with Crippen LogP contribution < -0.4 is 0 Å². The van der Waals surface area contributed by atoms with E-state index in [4.69, 9.17) is 0 Å². The summed E-state index contributed by atoms with van der Waals surface area (Å²) in [7, 11) is 0. The number of nitrogens with zero attached hydrogens (tertiary/aromatic N) is 4. The normalized spacial score (nSPS) is 11.5. The van der Waals surface area contributed by atoms with Gasteiger partial charge in [-0.15, -0.1) is 10.2 Å². The van der Waals surface area contributed by atoms with E-state index >= 15 is 0 Å². The number of carbonyl (C=O) groups is 2. The van der Waals surface area contributed by atoms with Gasteiger partial charge in [-0.05, 0) is 32.9 Å². The van der Waals surface area contributed by atoms with Crippen molar-refractivity contribution in [3.05, 3.63) is 5.82 Å². The Morgan fingerprint density at radius 1 is 1.33 bits per heavy atom. The van der Waals surface area contributed by atoms with Gasteiger partial charge in [0.15, 0.2) is 0 Å². The molecule has 1 aromatic heterocycles. The molecule has 15 heavy (non-hydrogen) atoms. The lowest BCUT2D eigenvalue weighted by Crippen LogP contribution is -2.25. The topological polar surface area (TPSA) is 77.7 Å². The smallest absolute Gasteiger partial charge is 0.240 e. The van der Waals surface area contributed by atoms with Gasteiger partial charge in [0, 0.05) is 0 Å². The molecule has 6 nitrogen and oxygen atoms in total. The van der Waals surface area contributed by atoms with Crippen LogP contribution in [0.3, 0.4) is 0 Å². The second-order valence-electron chi connectivity index (χ2n) is 4.38. The zero-order valence-electron chi connectivity index (χ0n) is 9.31. The molecule has 1 rings (SSSR count). The Hall–Kier alpha value is -1.59. The van der Waals surface area contributed by atoms with Crippen LogP contribution in [0.5, 0.6) is 0 Å². The van der Waals surface area contributed by atoms with E-state index in [1.54, 1.807) is 0 Å². The maximum atomic E-state index is 11.4. The lowest BCUT2D eigenvalue weighted by Gasteiger charge is -2.15. The Morgan fingerprint density at radius 3 is 2.33 bits per heavy atom. The molecule has 0 saturated heterocycles. The minimum absolute atomic E-state index is 0.000116. The molecule has 0 N–H and O–H groups in total. The molecule has 0 bridgehead atoms. The van der Waals surface area contributed by atoms with Gasteiger partial charge in [0.1, 0.15) is 5.78 Å². The van der Waals surface area contributed by atoms with Crippen LogP contribution in [-0.4, -0.2) is 31.8 Å². The fourth-order valence-electron chi connectivity index (χ4n) is 0.915. The SMILES string of the molecule is CC(=O)CC(=O)c1nnn(C(C)(C)C)n1. The fraction of sp³-hybridized carbons (Fsp3) is 0.667. The molecule has 0 aliphatic carbocycles. The van der Waals surface area contributed by atoms with Gasteiger partial charge in [-0.25, -0.2) is 0 Å². The van der Waals surface area contributed by atoms with Crippen LogP contribution in [-0.2, 0) is 10.3 Å². The van der Waals surface area contributed by atoms with Gasteiger partial charge in [0.2, 0.25) is 11.6 Å². The molecule has 6 heteroatoms. The second kappa shape index (κ2) is 3.88. The molecule has 1 aromatic rings. The number of carbonyl (C=O) groups excluding carboxylic acids is 2. The van der Waals surface area contributed by atoms with Crippen LogP contribution in [0.25, 0.3) is 0 Å². The molecule has 0 fully saturated rings. The summed E-state index contributed by atoms with van der Waals surface area (Å²) in [5.41, 5.74) is -0.318. The lowest BCUT2D eigenvalue weighted by atomic mass is 10.1. The van der Waals surface area contributed by atoms with Gasteiger partial charge in [-0.1, -0.05) is 0 Å². The molecule has 0 amide bonds. The van der Waals surface area contributed by atoms with Gasteiger partial charge >= 0.3 is 0 Å². The van der Waals surface area contributed by atoms with E-state index in [0.717, 1.165) is 0 Å². The summed E-state index contributed by atoms with van der Waals surface area (Å²) in [6.07, 6.45) is -0.171. The van der Waals surface area contributed by atoms with Crippen molar-refractivity contribution in [2.45, 2.75) is 39.7 Å². The minimum Gasteiger partial charge on any atom is -0.300 e. The summed E-state index contributed by atoms with van der Waals surface area (Å²) in [4.78, 5) is 23.5. The Bertz CT molecular complexity index is 389. The van der Waals surface area contributed by atoms with Crippen LogP contribution in [0.15, 0.2) is 0 Å². The standard InChI is InChI=1S/C9H14N4O2/c1-6(14)5-7(15)8-10-12-13(11-8)9(2,3)4/h5H2,1-4H3. The zero-order valence-corrected chi connectivity index (χ0v) is 9.31. The summed E-state index contributed by atoms with van der Waals surface area (Å²) in [6.45, 7) is 7.04. The number of Topliss-reactive ketones (excluding diaryl/α,β-unsaturated/α-hetero) is 2. The molecule has 0 radical (unpaired) electrons. The average molecular weight is 210 g/mol. The number of hydrogen-bond donors (Lipinski definition) is 0. The summed E-state index contributed by atoms with van der Waals surface area (Å²) >= 11 is 0. The zero-order chi connectivity index (χ0) is 11.6. The minimum atomic E-state index is -0.391. The van der Waals surface area contributed by atoms with Crippen molar-refractivity contribution in [2.75, 3.05) is 0 Å². The number of ketones is 2. The molecule has 0 aromatic carbocycles. The first-order chi connectivity index (χ1) is 6.80. The number of hydrogen-bond acceptors (Lipinski definition) is 5. The predicted molar refractivity (Wildman–Crippen MR) is 52.4 cm³/mol. The van der Waals surface area contributed by atoms with Crippen LogP contribution in [0, 0.1) is 0 Å². The van der Waals surface area contributed by atoms with E-state index in [-0.39, 0.29) is 23.6 Å². The first-order valence-electron chi connectivity index (χ1n) is 4.64. The summed E-state index contributed by atoms with van der Waals surface area (Å²) < 4.78 is 0. The number of aromatic nitrogens is 4. The first kappa shape index (κ1) is 11.5. The van der Waals surface area contributed by atoms with Crippen molar-refractivity contribution in [3.8, 4) is 0 Å². The van der Waals surface area contributed by atoms with Gasteiger partial charge in [-0.2, -0.15) is 4.80 Å². The molecule has 1 heterocycles. The molecule has 0 unspecified atom stereocenters. The Labute approximate surface area is 87.7 Å². The van der Waals surface area contributed by atoms with E-state index in [1.807, 2.05) is 20.8 Å². The summed E-state index contributed by atoms with van der Waals surface area (Å²) in [6, 6.07) is 0. The maximum Gasteiger partial charge on any atom is 0.240 e. The van der Waals surface area contributed by atoms with Crippen molar-refractivity contribution < 1.29 is 9.59 Å². The predicted octanol–water partition coefficient (Wildman–Crippen LogP) is 0.590. The third kappa shape index (κ3) is 2.93. The van der Waals surface area contributed by atoms with Gasteiger partial charge in [0.05, 0.1) is 12.0 Å². The highest BCUT2D eigenvalue weighted by Gasteiger charge is 2.20. The fourth-order valence-corrected chi connectivity index (χ4v) is 0.915. The van der Waals surface area contributed by atoms with Crippen molar-refractivity contribution in [1.29, 1.82) is 0 Å². The van der Waals surface area contributed by atoms with Crippen LogP contribution >= 0.6 is 0 Å². The van der Waals surface area contributed by atoms with Crippen molar-refractivity contribution in [3.63, 3.8) is 0 Å². The Balaban J connectivity index is 2.85. The van der Waals surface area contributed by atoms with Gasteiger partial charge in [-0.3, -0.25) is 9.59 Å². The molecule has 0 spiro atoms. The maximum absolute atomic E-state index is 11.4. The van der Waals surface area contributed by atoms with E-state index in [0.29, 0.717) is 0 Å². The number of rotatable bonds is 3. The molecule has 82 valence electrons. The molecule has 0 saturated carbocycles. The third-order valence-electron chi connectivity index (χ3n) is 1.67. The van der Waals surface area contributed by atoms with E-state index in [9.17, 15) is 9.59 Å². The molecular formula is C9H14N4O2. The average Bonchev–Trinajstić information content (AvgIpc) is 2.48. The van der Waals surface area contributed by atoms with E-state index in [1.165, 1.54) is 11.7 Å². The van der Waals surface area contributed by atoms with Crippen LogP contribution in [0.2, 0.25) is 0 Å². The highest BCUT2D eigenvalue weighted by Crippen LogP contribution is 2.09. The van der Waals surface area contributed by atoms with Gasteiger partial charge < -0.3 is 0 Å². The van der Waals surface area contributed by atoms with Crippen molar-refractivity contribution in [1.82, 2.24) is 20.2 Å². The Morgan fingerprint density at radius 2 is 1.93 bits per heavy atom. The lowest BCUT2D eigenvalue weighted by molar-refractivity contribution is -0.116.